The summed E-state index contributed by atoms with van der Waals surface area (Å²) in [7, 11) is 0. The first kappa shape index (κ1) is 17.0. The van der Waals surface area contributed by atoms with Crippen LogP contribution in [0, 0.1) is 5.41 Å². The number of halogens is 3. The van der Waals surface area contributed by atoms with Gasteiger partial charge < -0.3 is 10.5 Å². The van der Waals surface area contributed by atoms with E-state index in [0.717, 1.165) is 17.3 Å². The lowest BCUT2D eigenvalue weighted by Crippen LogP contribution is -2.30. The predicted octanol–water partition coefficient (Wildman–Crippen LogP) is 5.23. The van der Waals surface area contributed by atoms with E-state index in [9.17, 15) is 0 Å². The summed E-state index contributed by atoms with van der Waals surface area (Å²) in [6, 6.07) is 3.42. The monoisotopic (exact) mass is 383 g/mol. The molecule has 0 saturated heterocycles. The van der Waals surface area contributed by atoms with Crippen LogP contribution < -0.4 is 10.5 Å². The second kappa shape index (κ2) is 7.11. The Balaban J connectivity index is 2.51. The molecule has 106 valence electrons. The molecule has 2 N–H and O–H groups in total. The van der Waals surface area contributed by atoms with Gasteiger partial charge in [0.25, 0.3) is 0 Å². The molecule has 0 aliphatic carbocycles. The Morgan fingerprint density at radius 3 is 2.58 bits per heavy atom. The molecule has 0 saturated carbocycles. The minimum Gasteiger partial charge on any atom is -0.492 e. The number of nitrogens with two attached hydrogens (primary N) is 1. The summed E-state index contributed by atoms with van der Waals surface area (Å²) in [5.41, 5.74) is 5.52. The minimum absolute atomic E-state index is 0.153. The molecule has 0 heterocycles. The molecule has 19 heavy (non-hydrogen) atoms. The third-order valence-electron chi connectivity index (χ3n) is 2.85. The summed E-state index contributed by atoms with van der Waals surface area (Å²) in [4.78, 5) is 0.525. The zero-order valence-corrected chi connectivity index (χ0v) is 14.7. The molecule has 6 heteroatoms. The second-order valence-electron chi connectivity index (χ2n) is 4.90. The number of ether oxygens (including phenoxy) is 1. The molecule has 0 radical (unpaired) electrons. The van der Waals surface area contributed by atoms with Gasteiger partial charge in [-0.2, -0.15) is 0 Å². The normalized spacial score (nSPS) is 11.4. The first-order chi connectivity index (χ1) is 8.74. The Bertz CT molecular complexity index is 480. The van der Waals surface area contributed by atoms with E-state index in [0.29, 0.717) is 27.4 Å². The average Bonchev–Trinajstić information content (AvgIpc) is 2.30. The average molecular weight is 385 g/mol. The van der Waals surface area contributed by atoms with Crippen molar-refractivity contribution in [2.75, 3.05) is 6.61 Å². The van der Waals surface area contributed by atoms with Crippen LogP contribution in [0.25, 0.3) is 0 Å². The fraction of sp³-hybridized carbons (Fsp3) is 0.462. The van der Waals surface area contributed by atoms with Crippen molar-refractivity contribution in [2.24, 2.45) is 11.1 Å². The molecule has 0 fully saturated rings. The maximum Gasteiger partial charge on any atom is 0.139 e. The Morgan fingerprint density at radius 2 is 2.00 bits per heavy atom. The number of rotatable bonds is 6. The summed E-state index contributed by atoms with van der Waals surface area (Å²) in [6.45, 7) is 4.60. The molecule has 1 aromatic rings. The van der Waals surface area contributed by atoms with Gasteiger partial charge in [0, 0.05) is 16.0 Å². The molecular weight excluding hydrogens is 369 g/mol. The molecule has 0 spiro atoms. The lowest BCUT2D eigenvalue weighted by atomic mass is 9.88. The molecule has 0 atom stereocenters. The van der Waals surface area contributed by atoms with Crippen molar-refractivity contribution in [3.8, 4) is 5.75 Å². The van der Waals surface area contributed by atoms with Crippen molar-refractivity contribution in [3.05, 3.63) is 26.7 Å². The molecule has 0 aromatic heterocycles. The lowest BCUT2D eigenvalue weighted by Gasteiger charge is -2.22. The Kier molecular flexibility index (Phi) is 6.37. The summed E-state index contributed by atoms with van der Waals surface area (Å²) >= 11 is 20.4. The number of thiocarbonyl (C=S) groups is 1. The zero-order chi connectivity index (χ0) is 14.6. The molecule has 0 bridgehead atoms. The highest BCUT2D eigenvalue weighted by Crippen LogP contribution is 2.34. The fourth-order valence-corrected chi connectivity index (χ4v) is 2.38. The van der Waals surface area contributed by atoms with Crippen LogP contribution in [-0.2, 0) is 0 Å². The molecule has 0 unspecified atom stereocenters. The van der Waals surface area contributed by atoms with Crippen LogP contribution in [0.4, 0.5) is 0 Å². The van der Waals surface area contributed by atoms with E-state index in [1.54, 1.807) is 12.1 Å². The molecule has 0 aliphatic rings. The molecule has 1 aromatic carbocycles. The topological polar surface area (TPSA) is 35.2 Å². The molecule has 0 amide bonds. The van der Waals surface area contributed by atoms with Crippen LogP contribution in [0.3, 0.4) is 0 Å². The van der Waals surface area contributed by atoms with Crippen LogP contribution in [-0.4, -0.2) is 11.6 Å². The standard InChI is InChI=1S/C13H16BrCl2NOS/c1-13(2,12(17)19)4-3-5-18-11-7-9(15)8(14)6-10(11)16/h6-7H,3-5H2,1-2H3,(H2,17,19). The second-order valence-corrected chi connectivity index (χ2v) is 7.01. The van der Waals surface area contributed by atoms with Gasteiger partial charge in [-0.15, -0.1) is 0 Å². The fourth-order valence-electron chi connectivity index (χ4n) is 1.43. The van der Waals surface area contributed by atoms with Gasteiger partial charge in [0.1, 0.15) is 5.75 Å². The van der Waals surface area contributed by atoms with Crippen molar-refractivity contribution >= 4 is 56.3 Å². The maximum absolute atomic E-state index is 6.07. The maximum atomic E-state index is 6.07. The quantitative estimate of drug-likeness (QED) is 0.414. The van der Waals surface area contributed by atoms with Crippen molar-refractivity contribution in [3.63, 3.8) is 0 Å². The Labute approximate surface area is 137 Å². The molecule has 0 aliphatic heterocycles. The van der Waals surface area contributed by atoms with Gasteiger partial charge in [-0.3, -0.25) is 0 Å². The summed E-state index contributed by atoms with van der Waals surface area (Å²) in [5, 5.41) is 1.10. The van der Waals surface area contributed by atoms with E-state index in [1.165, 1.54) is 0 Å². The highest BCUT2D eigenvalue weighted by atomic mass is 79.9. The van der Waals surface area contributed by atoms with Crippen LogP contribution in [0.5, 0.6) is 5.75 Å². The minimum atomic E-state index is -0.153. The number of hydrogen-bond acceptors (Lipinski definition) is 2. The van der Waals surface area contributed by atoms with Crippen molar-refractivity contribution in [2.45, 2.75) is 26.7 Å². The van der Waals surface area contributed by atoms with Crippen LogP contribution in [0.2, 0.25) is 10.0 Å². The van der Waals surface area contributed by atoms with Crippen molar-refractivity contribution in [1.29, 1.82) is 0 Å². The van der Waals surface area contributed by atoms with Gasteiger partial charge >= 0.3 is 0 Å². The van der Waals surface area contributed by atoms with Gasteiger partial charge in [-0.05, 0) is 34.8 Å². The zero-order valence-electron chi connectivity index (χ0n) is 10.8. The molecule has 1 rings (SSSR count). The lowest BCUT2D eigenvalue weighted by molar-refractivity contribution is 0.288. The molecular formula is C13H16BrCl2NOS. The number of benzene rings is 1. The number of hydrogen-bond donors (Lipinski definition) is 1. The third-order valence-corrected chi connectivity index (χ3v) is 4.89. The largest absolute Gasteiger partial charge is 0.492 e. The summed E-state index contributed by atoms with van der Waals surface area (Å²) < 4.78 is 6.38. The first-order valence-electron chi connectivity index (χ1n) is 5.81. The van der Waals surface area contributed by atoms with Crippen LogP contribution >= 0.6 is 51.3 Å². The Hall–Kier alpha value is -0.0300. The van der Waals surface area contributed by atoms with E-state index < -0.39 is 0 Å². The molecule has 2 nitrogen and oxygen atoms in total. The SMILES string of the molecule is CC(C)(CCCOc1cc(Cl)c(Br)cc1Cl)C(N)=S. The van der Waals surface area contributed by atoms with Crippen LogP contribution in [0.15, 0.2) is 16.6 Å². The van der Waals surface area contributed by atoms with Gasteiger partial charge in [-0.1, -0.05) is 49.3 Å². The van der Waals surface area contributed by atoms with Crippen molar-refractivity contribution in [1.82, 2.24) is 0 Å². The third kappa shape index (κ3) is 5.10. The van der Waals surface area contributed by atoms with Crippen LogP contribution in [0.1, 0.15) is 26.7 Å². The smallest absolute Gasteiger partial charge is 0.139 e. The van der Waals surface area contributed by atoms with E-state index in [-0.39, 0.29) is 5.41 Å². The van der Waals surface area contributed by atoms with E-state index >= 15 is 0 Å². The van der Waals surface area contributed by atoms with E-state index in [1.807, 2.05) is 13.8 Å². The van der Waals surface area contributed by atoms with Gasteiger partial charge in [0.05, 0.1) is 21.6 Å². The highest BCUT2D eigenvalue weighted by molar-refractivity contribution is 9.10. The summed E-state index contributed by atoms with van der Waals surface area (Å²) in [5.74, 6) is 0.586. The predicted molar refractivity (Wildman–Crippen MR) is 89.5 cm³/mol. The van der Waals surface area contributed by atoms with Crippen molar-refractivity contribution < 1.29 is 4.74 Å². The van der Waals surface area contributed by atoms with E-state index in [4.69, 9.17) is 45.9 Å². The summed E-state index contributed by atoms with van der Waals surface area (Å²) in [6.07, 6.45) is 1.71. The van der Waals surface area contributed by atoms with Gasteiger partial charge in [-0.25, -0.2) is 0 Å². The van der Waals surface area contributed by atoms with Gasteiger partial charge in [0.2, 0.25) is 0 Å². The first-order valence-corrected chi connectivity index (χ1v) is 7.77. The highest BCUT2D eigenvalue weighted by Gasteiger charge is 2.20. The van der Waals surface area contributed by atoms with Gasteiger partial charge in [0.15, 0.2) is 0 Å². The Morgan fingerprint density at radius 1 is 1.37 bits per heavy atom. The van der Waals surface area contributed by atoms with E-state index in [2.05, 4.69) is 15.9 Å².